The summed E-state index contributed by atoms with van der Waals surface area (Å²) in [4.78, 5) is 29.5. The first-order valence-corrected chi connectivity index (χ1v) is 10.2. The number of nitrogens with one attached hydrogen (secondary N) is 1. The Morgan fingerprint density at radius 1 is 1.36 bits per heavy atom. The molecule has 2 rings (SSSR count). The van der Waals surface area contributed by atoms with Crippen LogP contribution in [0.5, 0.6) is 0 Å². The average molecular weight is 394 g/mol. The molecule has 1 saturated heterocycles. The lowest BCUT2D eigenvalue weighted by Gasteiger charge is -2.49. The van der Waals surface area contributed by atoms with Gasteiger partial charge in [0.1, 0.15) is 6.20 Å². The van der Waals surface area contributed by atoms with Crippen LogP contribution in [0.2, 0.25) is 0 Å². The van der Waals surface area contributed by atoms with Crippen LogP contribution < -0.4 is 5.32 Å². The zero-order valence-electron chi connectivity index (χ0n) is 18.1. The lowest BCUT2D eigenvalue weighted by molar-refractivity contribution is -0.389. The van der Waals surface area contributed by atoms with E-state index in [-0.39, 0.29) is 28.8 Å². The molecule has 28 heavy (non-hydrogen) atoms. The maximum atomic E-state index is 13.1. The highest BCUT2D eigenvalue weighted by Gasteiger charge is 2.40. The van der Waals surface area contributed by atoms with Gasteiger partial charge in [0.05, 0.1) is 0 Å². The molecule has 0 bridgehead atoms. The molecule has 1 aliphatic heterocycles. The Morgan fingerprint density at radius 3 is 2.46 bits per heavy atom. The molecule has 8 nitrogen and oxygen atoms in total. The fraction of sp³-hybridized carbons (Fsp3) is 0.800. The van der Waals surface area contributed by atoms with Gasteiger partial charge in [-0.15, -0.1) is 0 Å². The Hall–Kier alpha value is -1.96. The van der Waals surface area contributed by atoms with Gasteiger partial charge >= 0.3 is 5.82 Å². The Bertz CT molecular complexity index is 695. The van der Waals surface area contributed by atoms with Gasteiger partial charge in [-0.2, -0.15) is 0 Å². The van der Waals surface area contributed by atoms with E-state index in [2.05, 4.69) is 49.8 Å². The Kier molecular flexibility index (Phi) is 6.85. The summed E-state index contributed by atoms with van der Waals surface area (Å²) in [7, 11) is 0. The molecule has 0 aliphatic carbocycles. The number of rotatable bonds is 8. The summed E-state index contributed by atoms with van der Waals surface area (Å²) in [6.07, 6.45) is 5.59. The molecule has 158 valence electrons. The van der Waals surface area contributed by atoms with Gasteiger partial charge < -0.3 is 24.9 Å². The number of imidazole rings is 1. The van der Waals surface area contributed by atoms with Crippen molar-refractivity contribution >= 4 is 11.7 Å². The van der Waals surface area contributed by atoms with Crippen LogP contribution >= 0.6 is 0 Å². The van der Waals surface area contributed by atoms with Crippen molar-refractivity contribution in [3.05, 3.63) is 22.1 Å². The minimum atomic E-state index is -0.502. The van der Waals surface area contributed by atoms with E-state index in [4.69, 9.17) is 0 Å². The van der Waals surface area contributed by atoms with Crippen molar-refractivity contribution in [2.45, 2.75) is 97.3 Å². The molecule has 0 aromatic carbocycles. The lowest BCUT2D eigenvalue weighted by atomic mass is 9.79. The molecule has 0 spiro atoms. The van der Waals surface area contributed by atoms with Gasteiger partial charge in [-0.25, -0.2) is 0 Å². The van der Waals surface area contributed by atoms with Gasteiger partial charge in [-0.3, -0.25) is 4.79 Å². The first-order chi connectivity index (χ1) is 12.9. The van der Waals surface area contributed by atoms with Gasteiger partial charge in [0.2, 0.25) is 11.7 Å². The van der Waals surface area contributed by atoms with Gasteiger partial charge in [-0.05, 0) is 56.9 Å². The number of hydrogen-bond acceptors (Lipinski definition) is 5. The zero-order valence-corrected chi connectivity index (χ0v) is 18.1. The van der Waals surface area contributed by atoms with E-state index >= 15 is 0 Å². The normalized spacial score (nSPS) is 18.8. The van der Waals surface area contributed by atoms with Crippen LogP contribution in [0.15, 0.2) is 6.20 Å². The van der Waals surface area contributed by atoms with Crippen molar-refractivity contribution in [2.75, 3.05) is 6.54 Å². The molecule has 1 fully saturated rings. The SMILES string of the molecule is CCCCN(C(=O)CCn1cc([N+](=O)[O-])nc1C)C1CC(C)(C)NC(C)(C)C1. The van der Waals surface area contributed by atoms with Crippen LogP contribution in [0.3, 0.4) is 0 Å². The molecule has 1 amide bonds. The topological polar surface area (TPSA) is 93.3 Å². The molecule has 0 atom stereocenters. The van der Waals surface area contributed by atoms with Gasteiger partial charge in [0, 0.05) is 43.6 Å². The number of nitro groups is 1. The molecule has 8 heteroatoms. The number of amides is 1. The number of piperidine rings is 1. The second-order valence-electron chi connectivity index (χ2n) is 9.24. The van der Waals surface area contributed by atoms with Crippen molar-refractivity contribution < 1.29 is 9.72 Å². The summed E-state index contributed by atoms with van der Waals surface area (Å²) in [5, 5.41) is 14.6. The fourth-order valence-electron chi connectivity index (χ4n) is 4.49. The quantitative estimate of drug-likeness (QED) is 0.539. The van der Waals surface area contributed by atoms with E-state index in [0.717, 1.165) is 32.2 Å². The first kappa shape index (κ1) is 22.3. The maximum absolute atomic E-state index is 13.1. The smallest absolute Gasteiger partial charge is 0.358 e. The highest BCUT2D eigenvalue weighted by atomic mass is 16.6. The second kappa shape index (κ2) is 8.59. The van der Waals surface area contributed by atoms with Gasteiger partial charge in [-0.1, -0.05) is 13.3 Å². The largest absolute Gasteiger partial charge is 0.381 e. The number of nitrogens with zero attached hydrogens (tertiary/aromatic N) is 4. The van der Waals surface area contributed by atoms with Crippen LogP contribution in [0.4, 0.5) is 5.82 Å². The molecule has 2 heterocycles. The third kappa shape index (κ3) is 5.77. The van der Waals surface area contributed by atoms with Gasteiger partial charge in [0.15, 0.2) is 0 Å². The molecule has 0 saturated carbocycles. The van der Waals surface area contributed by atoms with E-state index in [1.54, 1.807) is 11.5 Å². The highest BCUT2D eigenvalue weighted by molar-refractivity contribution is 5.76. The minimum Gasteiger partial charge on any atom is -0.358 e. The number of aromatic nitrogens is 2. The number of carbonyl (C=O) groups excluding carboxylic acids is 1. The van der Waals surface area contributed by atoms with E-state index in [1.165, 1.54) is 6.20 Å². The second-order valence-corrected chi connectivity index (χ2v) is 9.24. The Balaban J connectivity index is 2.11. The standard InChI is InChI=1S/C20H35N5O3/c1-7-8-10-24(16-12-19(3,4)22-20(5,6)13-16)18(26)9-11-23-14-17(25(27)28)21-15(23)2/h14,16,22H,7-13H2,1-6H3. The Morgan fingerprint density at radius 2 is 1.96 bits per heavy atom. The summed E-state index contributed by atoms with van der Waals surface area (Å²) in [5.41, 5.74) is -0.0581. The third-order valence-electron chi connectivity index (χ3n) is 5.40. The van der Waals surface area contributed by atoms with E-state index in [0.29, 0.717) is 18.8 Å². The van der Waals surface area contributed by atoms with Crippen LogP contribution in [-0.4, -0.2) is 48.9 Å². The summed E-state index contributed by atoms with van der Waals surface area (Å²) >= 11 is 0. The predicted molar refractivity (Wildman–Crippen MR) is 109 cm³/mol. The average Bonchev–Trinajstić information content (AvgIpc) is 2.91. The van der Waals surface area contributed by atoms with E-state index in [1.807, 2.05) is 0 Å². The molecular formula is C20H35N5O3. The number of unbranched alkanes of at least 4 members (excludes halogenated alkanes) is 1. The molecule has 0 unspecified atom stereocenters. The van der Waals surface area contributed by atoms with E-state index < -0.39 is 4.92 Å². The van der Waals surface area contributed by atoms with Crippen LogP contribution in [0.25, 0.3) is 0 Å². The van der Waals surface area contributed by atoms with Crippen LogP contribution in [-0.2, 0) is 11.3 Å². The summed E-state index contributed by atoms with van der Waals surface area (Å²) in [5.74, 6) is 0.501. The van der Waals surface area contributed by atoms with Gasteiger partial charge in [0.25, 0.3) is 0 Å². The van der Waals surface area contributed by atoms with Crippen molar-refractivity contribution in [1.29, 1.82) is 0 Å². The fourth-order valence-corrected chi connectivity index (χ4v) is 4.49. The van der Waals surface area contributed by atoms with Crippen molar-refractivity contribution in [1.82, 2.24) is 19.8 Å². The highest BCUT2D eigenvalue weighted by Crippen LogP contribution is 2.32. The summed E-state index contributed by atoms with van der Waals surface area (Å²) in [6, 6.07) is 0.198. The monoisotopic (exact) mass is 393 g/mol. The molecule has 1 N–H and O–H groups in total. The van der Waals surface area contributed by atoms with E-state index in [9.17, 15) is 14.9 Å². The number of hydrogen-bond donors (Lipinski definition) is 1. The van der Waals surface area contributed by atoms with Crippen molar-refractivity contribution in [3.8, 4) is 0 Å². The van der Waals surface area contributed by atoms with Crippen LogP contribution in [0, 0.1) is 17.0 Å². The number of aryl methyl sites for hydroxylation is 2. The molecule has 1 aromatic heterocycles. The Labute approximate surface area is 167 Å². The molecule has 1 aliphatic rings. The maximum Gasteiger partial charge on any atom is 0.381 e. The summed E-state index contributed by atoms with van der Waals surface area (Å²) in [6.45, 7) is 13.8. The summed E-state index contributed by atoms with van der Waals surface area (Å²) < 4.78 is 1.70. The first-order valence-electron chi connectivity index (χ1n) is 10.2. The molecule has 1 aromatic rings. The lowest BCUT2D eigenvalue weighted by Crippen LogP contribution is -2.63. The molecular weight excluding hydrogens is 358 g/mol. The number of carbonyl (C=O) groups is 1. The van der Waals surface area contributed by atoms with Crippen LogP contribution in [0.1, 0.15) is 72.5 Å². The molecule has 0 radical (unpaired) electrons. The zero-order chi connectivity index (χ0) is 21.1. The van der Waals surface area contributed by atoms with Crippen molar-refractivity contribution in [2.24, 2.45) is 0 Å². The predicted octanol–water partition coefficient (Wildman–Crippen LogP) is 3.43. The van der Waals surface area contributed by atoms with Crippen molar-refractivity contribution in [3.63, 3.8) is 0 Å². The minimum absolute atomic E-state index is 0.0291. The third-order valence-corrected chi connectivity index (χ3v) is 5.40.